The van der Waals surface area contributed by atoms with Crippen LogP contribution < -0.4 is 5.32 Å². The number of hydrogen-bond acceptors (Lipinski definition) is 4. The topological polar surface area (TPSA) is 37.8 Å². The first-order valence-corrected chi connectivity index (χ1v) is 8.41. The van der Waals surface area contributed by atoms with Gasteiger partial charge in [0.1, 0.15) is 10.0 Å². The van der Waals surface area contributed by atoms with Crippen molar-refractivity contribution in [2.75, 3.05) is 6.54 Å². The largest absolute Gasteiger partial charge is 0.308 e. The highest BCUT2D eigenvalue weighted by Crippen LogP contribution is 2.31. The molecule has 102 valence electrons. The molecule has 1 atom stereocenters. The Hall–Kier alpha value is -0.240. The van der Waals surface area contributed by atoms with Crippen LogP contribution in [0.1, 0.15) is 31.3 Å². The molecular weight excluding hydrogens is 393 g/mol. The lowest BCUT2D eigenvalue weighted by atomic mass is 10.2. The maximum atomic E-state index is 6.05. The summed E-state index contributed by atoms with van der Waals surface area (Å²) in [6.07, 6.45) is 1.11. The molecule has 1 N–H and O–H groups in total. The number of halogens is 2. The molecule has 0 saturated carbocycles. The molecule has 0 saturated heterocycles. The molecule has 0 amide bonds. The SMILES string of the molecule is CCCNC(C)c1nnc(-c2cc(Cl)ccc2I)s1. The molecule has 2 aromatic rings. The normalized spacial score (nSPS) is 12.6. The quantitative estimate of drug-likeness (QED) is 0.740. The summed E-state index contributed by atoms with van der Waals surface area (Å²) in [4.78, 5) is 0. The number of aromatic nitrogens is 2. The third kappa shape index (κ3) is 3.87. The van der Waals surface area contributed by atoms with Gasteiger partial charge in [0.15, 0.2) is 0 Å². The van der Waals surface area contributed by atoms with E-state index in [1.807, 2.05) is 18.2 Å². The fourth-order valence-electron chi connectivity index (χ4n) is 1.63. The molecule has 0 spiro atoms. The smallest absolute Gasteiger partial charge is 0.148 e. The van der Waals surface area contributed by atoms with Gasteiger partial charge in [-0.15, -0.1) is 10.2 Å². The zero-order valence-corrected chi connectivity index (χ0v) is 14.5. The second-order valence-electron chi connectivity index (χ2n) is 4.25. The van der Waals surface area contributed by atoms with Crippen molar-refractivity contribution in [3.8, 4) is 10.6 Å². The minimum absolute atomic E-state index is 0.239. The van der Waals surface area contributed by atoms with Crippen molar-refractivity contribution >= 4 is 45.5 Å². The summed E-state index contributed by atoms with van der Waals surface area (Å²) in [5.74, 6) is 0. The van der Waals surface area contributed by atoms with Crippen LogP contribution >= 0.6 is 45.5 Å². The molecule has 1 heterocycles. The second-order valence-corrected chi connectivity index (χ2v) is 6.85. The molecule has 2 rings (SSSR count). The molecule has 3 nitrogen and oxygen atoms in total. The van der Waals surface area contributed by atoms with Crippen molar-refractivity contribution in [3.63, 3.8) is 0 Å². The standard InChI is InChI=1S/C13H15ClIN3S/c1-3-6-16-8(2)12-17-18-13(19-12)10-7-9(14)4-5-11(10)15/h4-5,7-8,16H,3,6H2,1-2H3. The first-order valence-electron chi connectivity index (χ1n) is 6.14. The third-order valence-corrected chi connectivity index (χ3v) is 4.99. The van der Waals surface area contributed by atoms with E-state index in [1.54, 1.807) is 11.3 Å². The highest BCUT2D eigenvalue weighted by atomic mass is 127. The van der Waals surface area contributed by atoms with E-state index in [2.05, 4.69) is 52.0 Å². The second kappa shape index (κ2) is 6.97. The van der Waals surface area contributed by atoms with Crippen molar-refractivity contribution in [1.82, 2.24) is 15.5 Å². The number of nitrogens with one attached hydrogen (secondary N) is 1. The van der Waals surface area contributed by atoms with E-state index in [-0.39, 0.29) is 6.04 Å². The van der Waals surface area contributed by atoms with Crippen LogP contribution in [0, 0.1) is 3.57 Å². The molecule has 0 aliphatic heterocycles. The summed E-state index contributed by atoms with van der Waals surface area (Å²) in [6, 6.07) is 6.07. The fraction of sp³-hybridized carbons (Fsp3) is 0.385. The maximum absolute atomic E-state index is 6.05. The van der Waals surface area contributed by atoms with Crippen molar-refractivity contribution in [3.05, 3.63) is 31.8 Å². The minimum atomic E-state index is 0.239. The van der Waals surface area contributed by atoms with Crippen LogP contribution in [0.25, 0.3) is 10.6 Å². The van der Waals surface area contributed by atoms with Crippen molar-refractivity contribution in [2.45, 2.75) is 26.3 Å². The molecule has 0 fully saturated rings. The van der Waals surface area contributed by atoms with Gasteiger partial charge in [-0.1, -0.05) is 29.9 Å². The van der Waals surface area contributed by atoms with E-state index in [0.717, 1.165) is 37.1 Å². The van der Waals surface area contributed by atoms with Gasteiger partial charge >= 0.3 is 0 Å². The molecular formula is C13H15ClIN3S. The van der Waals surface area contributed by atoms with Gasteiger partial charge in [0.25, 0.3) is 0 Å². The van der Waals surface area contributed by atoms with Gasteiger partial charge in [0.05, 0.1) is 6.04 Å². The monoisotopic (exact) mass is 407 g/mol. The summed E-state index contributed by atoms with van der Waals surface area (Å²) in [6.45, 7) is 5.26. The molecule has 19 heavy (non-hydrogen) atoms. The molecule has 1 aromatic carbocycles. The first-order chi connectivity index (χ1) is 9.11. The van der Waals surface area contributed by atoms with Gasteiger partial charge in [0, 0.05) is 14.2 Å². The van der Waals surface area contributed by atoms with Crippen LogP contribution in [0.15, 0.2) is 18.2 Å². The van der Waals surface area contributed by atoms with Crippen LogP contribution in [0.4, 0.5) is 0 Å². The van der Waals surface area contributed by atoms with E-state index in [4.69, 9.17) is 11.6 Å². The predicted octanol–water partition coefficient (Wildman–Crippen LogP) is 4.52. The highest BCUT2D eigenvalue weighted by Gasteiger charge is 2.14. The fourth-order valence-corrected chi connectivity index (χ4v) is 3.47. The van der Waals surface area contributed by atoms with E-state index in [9.17, 15) is 0 Å². The lowest BCUT2D eigenvalue weighted by Gasteiger charge is -2.08. The average Bonchev–Trinajstić information content (AvgIpc) is 2.88. The molecule has 0 aliphatic rings. The minimum Gasteiger partial charge on any atom is -0.308 e. The average molecular weight is 408 g/mol. The molecule has 6 heteroatoms. The zero-order chi connectivity index (χ0) is 13.8. The van der Waals surface area contributed by atoms with Gasteiger partial charge in [-0.3, -0.25) is 0 Å². The van der Waals surface area contributed by atoms with E-state index < -0.39 is 0 Å². The van der Waals surface area contributed by atoms with Gasteiger partial charge in [-0.25, -0.2) is 0 Å². The first kappa shape index (κ1) is 15.2. The number of benzene rings is 1. The van der Waals surface area contributed by atoms with E-state index in [1.165, 1.54) is 0 Å². The van der Waals surface area contributed by atoms with Crippen molar-refractivity contribution < 1.29 is 0 Å². The Morgan fingerprint density at radius 3 is 2.95 bits per heavy atom. The van der Waals surface area contributed by atoms with Gasteiger partial charge in [0.2, 0.25) is 0 Å². The summed E-state index contributed by atoms with van der Waals surface area (Å²) >= 11 is 9.96. The van der Waals surface area contributed by atoms with E-state index in [0.29, 0.717) is 0 Å². The summed E-state index contributed by atoms with van der Waals surface area (Å²) in [5, 5.41) is 14.6. The Morgan fingerprint density at radius 1 is 1.42 bits per heavy atom. The summed E-state index contributed by atoms with van der Waals surface area (Å²) in [5.41, 5.74) is 1.06. The number of rotatable bonds is 5. The third-order valence-electron chi connectivity index (χ3n) is 2.67. The summed E-state index contributed by atoms with van der Waals surface area (Å²) < 4.78 is 1.14. The summed E-state index contributed by atoms with van der Waals surface area (Å²) in [7, 11) is 0. The molecule has 1 unspecified atom stereocenters. The van der Waals surface area contributed by atoms with Crippen molar-refractivity contribution in [2.24, 2.45) is 0 Å². The van der Waals surface area contributed by atoms with Crippen LogP contribution in [-0.4, -0.2) is 16.7 Å². The molecule has 0 aliphatic carbocycles. The van der Waals surface area contributed by atoms with E-state index >= 15 is 0 Å². The molecule has 0 radical (unpaired) electrons. The molecule has 0 bridgehead atoms. The predicted molar refractivity (Wildman–Crippen MR) is 89.8 cm³/mol. The van der Waals surface area contributed by atoms with Crippen LogP contribution in [0.3, 0.4) is 0 Å². The number of nitrogens with zero attached hydrogens (tertiary/aromatic N) is 2. The van der Waals surface area contributed by atoms with Gasteiger partial charge in [-0.2, -0.15) is 0 Å². The number of hydrogen-bond donors (Lipinski definition) is 1. The van der Waals surface area contributed by atoms with Crippen LogP contribution in [0.5, 0.6) is 0 Å². The maximum Gasteiger partial charge on any atom is 0.148 e. The van der Waals surface area contributed by atoms with Crippen LogP contribution in [-0.2, 0) is 0 Å². The Bertz CT molecular complexity index is 559. The highest BCUT2D eigenvalue weighted by molar-refractivity contribution is 14.1. The van der Waals surface area contributed by atoms with Gasteiger partial charge < -0.3 is 5.32 Å². The Morgan fingerprint density at radius 2 is 2.21 bits per heavy atom. The Labute approximate surface area is 135 Å². The molecule has 1 aromatic heterocycles. The van der Waals surface area contributed by atoms with Crippen molar-refractivity contribution in [1.29, 1.82) is 0 Å². The lowest BCUT2D eigenvalue weighted by Crippen LogP contribution is -2.18. The Balaban J connectivity index is 2.23. The van der Waals surface area contributed by atoms with Gasteiger partial charge in [-0.05, 0) is 60.7 Å². The van der Waals surface area contributed by atoms with Crippen LogP contribution in [0.2, 0.25) is 5.02 Å². The lowest BCUT2D eigenvalue weighted by molar-refractivity contribution is 0.564. The Kier molecular flexibility index (Phi) is 5.56. The zero-order valence-electron chi connectivity index (χ0n) is 10.8.